The lowest BCUT2D eigenvalue weighted by Gasteiger charge is -2.35. The fourth-order valence-electron chi connectivity index (χ4n) is 1.84. The Bertz CT molecular complexity index is 223. The van der Waals surface area contributed by atoms with Crippen LogP contribution in [0.15, 0.2) is 0 Å². The summed E-state index contributed by atoms with van der Waals surface area (Å²) in [4.78, 5) is 13.8. The largest absolute Gasteiger partial charge is 0.385 e. The zero-order valence-corrected chi connectivity index (χ0v) is 10.1. The van der Waals surface area contributed by atoms with Crippen LogP contribution in [0.25, 0.3) is 0 Å². The van der Waals surface area contributed by atoms with Crippen molar-refractivity contribution in [3.05, 3.63) is 0 Å². The van der Waals surface area contributed by atoms with Gasteiger partial charge in [0.15, 0.2) is 0 Å². The lowest BCUT2D eigenvalue weighted by atomic mass is 10.1. The molecule has 0 aromatic carbocycles. The van der Waals surface area contributed by atoms with Crippen LogP contribution in [0.1, 0.15) is 19.8 Å². The molecule has 94 valence electrons. The molecule has 0 radical (unpaired) electrons. The van der Waals surface area contributed by atoms with Crippen molar-refractivity contribution in [3.8, 4) is 0 Å². The number of hydrogen-bond acceptors (Lipinski definition) is 4. The molecule has 0 spiro atoms. The van der Waals surface area contributed by atoms with Crippen LogP contribution in [0.4, 0.5) is 0 Å². The molecule has 1 rings (SSSR count). The monoisotopic (exact) mass is 230 g/mol. The van der Waals surface area contributed by atoms with Crippen LogP contribution in [-0.2, 0) is 14.3 Å². The number of ether oxygens (including phenoxy) is 2. The molecule has 5 nitrogen and oxygen atoms in total. The molecule has 5 heteroatoms. The Kier molecular flexibility index (Phi) is 5.73. The van der Waals surface area contributed by atoms with Crippen LogP contribution in [-0.4, -0.2) is 56.4 Å². The molecule has 0 bridgehead atoms. The third-order valence-corrected chi connectivity index (χ3v) is 2.83. The molecule has 0 aromatic heterocycles. The van der Waals surface area contributed by atoms with Gasteiger partial charge < -0.3 is 20.1 Å². The standard InChI is InChI=1S/C11H22N2O3/c1-9-8-16-7-5-13(9)11(14)10(12)4-3-6-15-2/h9-10H,3-8,12H2,1-2H3/t9-,10?/m1/s1. The van der Waals surface area contributed by atoms with E-state index in [-0.39, 0.29) is 11.9 Å². The minimum atomic E-state index is -0.407. The maximum atomic E-state index is 12.0. The van der Waals surface area contributed by atoms with Gasteiger partial charge in [-0.25, -0.2) is 0 Å². The average Bonchev–Trinajstić information content (AvgIpc) is 2.29. The topological polar surface area (TPSA) is 64.8 Å². The molecule has 1 amide bonds. The maximum Gasteiger partial charge on any atom is 0.239 e. The SMILES string of the molecule is COCCCC(N)C(=O)N1CCOC[C@H]1C. The van der Waals surface area contributed by atoms with Gasteiger partial charge in [0.25, 0.3) is 0 Å². The summed E-state index contributed by atoms with van der Waals surface area (Å²) in [7, 11) is 1.65. The van der Waals surface area contributed by atoms with Crippen molar-refractivity contribution >= 4 is 5.91 Å². The molecule has 1 fully saturated rings. The number of carbonyl (C=O) groups is 1. The van der Waals surface area contributed by atoms with E-state index in [0.29, 0.717) is 32.8 Å². The summed E-state index contributed by atoms with van der Waals surface area (Å²) in [5.41, 5.74) is 5.86. The normalized spacial score (nSPS) is 23.2. The molecule has 2 N–H and O–H groups in total. The van der Waals surface area contributed by atoms with Gasteiger partial charge >= 0.3 is 0 Å². The lowest BCUT2D eigenvalue weighted by Crippen LogP contribution is -2.52. The van der Waals surface area contributed by atoms with Crippen molar-refractivity contribution in [2.24, 2.45) is 5.73 Å². The molecule has 1 saturated heterocycles. The van der Waals surface area contributed by atoms with Crippen molar-refractivity contribution in [2.75, 3.05) is 33.5 Å². The van der Waals surface area contributed by atoms with E-state index < -0.39 is 6.04 Å². The number of carbonyl (C=O) groups excluding carboxylic acids is 1. The molecule has 2 atom stereocenters. The molecular weight excluding hydrogens is 208 g/mol. The highest BCUT2D eigenvalue weighted by Gasteiger charge is 2.27. The quantitative estimate of drug-likeness (QED) is 0.675. The van der Waals surface area contributed by atoms with E-state index in [1.807, 2.05) is 11.8 Å². The minimum Gasteiger partial charge on any atom is -0.385 e. The van der Waals surface area contributed by atoms with Crippen LogP contribution in [0.3, 0.4) is 0 Å². The number of methoxy groups -OCH3 is 1. The van der Waals surface area contributed by atoms with E-state index in [9.17, 15) is 4.79 Å². The number of rotatable bonds is 5. The molecule has 0 aliphatic carbocycles. The summed E-state index contributed by atoms with van der Waals surface area (Å²) in [5, 5.41) is 0. The summed E-state index contributed by atoms with van der Waals surface area (Å²) < 4.78 is 10.2. The van der Waals surface area contributed by atoms with E-state index in [1.165, 1.54) is 0 Å². The predicted molar refractivity (Wildman–Crippen MR) is 61.1 cm³/mol. The van der Waals surface area contributed by atoms with Crippen molar-refractivity contribution in [1.29, 1.82) is 0 Å². The summed E-state index contributed by atoms with van der Waals surface area (Å²) in [6.45, 7) is 4.51. The Morgan fingerprint density at radius 2 is 2.44 bits per heavy atom. The van der Waals surface area contributed by atoms with Crippen LogP contribution >= 0.6 is 0 Å². The molecule has 1 unspecified atom stereocenters. The van der Waals surface area contributed by atoms with Gasteiger partial charge in [0.05, 0.1) is 25.3 Å². The van der Waals surface area contributed by atoms with Crippen LogP contribution in [0.2, 0.25) is 0 Å². The zero-order valence-electron chi connectivity index (χ0n) is 10.1. The van der Waals surface area contributed by atoms with E-state index in [4.69, 9.17) is 15.2 Å². The number of hydrogen-bond donors (Lipinski definition) is 1. The number of nitrogens with zero attached hydrogens (tertiary/aromatic N) is 1. The highest BCUT2D eigenvalue weighted by molar-refractivity contribution is 5.82. The number of nitrogens with two attached hydrogens (primary N) is 1. The Balaban J connectivity index is 2.36. The maximum absolute atomic E-state index is 12.0. The van der Waals surface area contributed by atoms with Gasteiger partial charge in [0, 0.05) is 20.3 Å². The molecule has 0 aromatic rings. The van der Waals surface area contributed by atoms with E-state index in [2.05, 4.69) is 0 Å². The first-order valence-electron chi connectivity index (χ1n) is 5.79. The molecule has 1 aliphatic heterocycles. The van der Waals surface area contributed by atoms with Crippen molar-refractivity contribution in [1.82, 2.24) is 4.90 Å². The van der Waals surface area contributed by atoms with Gasteiger partial charge in [-0.05, 0) is 19.8 Å². The van der Waals surface area contributed by atoms with E-state index in [0.717, 1.165) is 6.42 Å². The summed E-state index contributed by atoms with van der Waals surface area (Å²) in [6, 6.07) is -0.273. The van der Waals surface area contributed by atoms with Crippen molar-refractivity contribution < 1.29 is 14.3 Å². The van der Waals surface area contributed by atoms with Crippen molar-refractivity contribution in [2.45, 2.75) is 31.8 Å². The van der Waals surface area contributed by atoms with Crippen LogP contribution < -0.4 is 5.73 Å². The summed E-state index contributed by atoms with van der Waals surface area (Å²) in [6.07, 6.45) is 1.50. The second-order valence-corrected chi connectivity index (χ2v) is 4.20. The first-order valence-corrected chi connectivity index (χ1v) is 5.79. The second-order valence-electron chi connectivity index (χ2n) is 4.20. The predicted octanol–water partition coefficient (Wildman–Crippen LogP) is -0.0124. The van der Waals surface area contributed by atoms with Gasteiger partial charge in [-0.3, -0.25) is 4.79 Å². The van der Waals surface area contributed by atoms with Gasteiger partial charge in [-0.1, -0.05) is 0 Å². The first-order chi connectivity index (χ1) is 7.66. The molecule has 1 heterocycles. The highest BCUT2D eigenvalue weighted by Crippen LogP contribution is 2.09. The molecule has 16 heavy (non-hydrogen) atoms. The zero-order chi connectivity index (χ0) is 12.0. The third-order valence-electron chi connectivity index (χ3n) is 2.83. The smallest absolute Gasteiger partial charge is 0.239 e. The van der Waals surface area contributed by atoms with Gasteiger partial charge in [0.2, 0.25) is 5.91 Å². The first kappa shape index (κ1) is 13.4. The summed E-state index contributed by atoms with van der Waals surface area (Å²) >= 11 is 0. The fourth-order valence-corrected chi connectivity index (χ4v) is 1.84. The minimum absolute atomic E-state index is 0.0342. The fraction of sp³-hybridized carbons (Fsp3) is 0.909. The average molecular weight is 230 g/mol. The summed E-state index contributed by atoms with van der Waals surface area (Å²) in [5.74, 6) is 0.0342. The van der Waals surface area contributed by atoms with E-state index in [1.54, 1.807) is 7.11 Å². The van der Waals surface area contributed by atoms with Crippen LogP contribution in [0.5, 0.6) is 0 Å². The van der Waals surface area contributed by atoms with Gasteiger partial charge in [-0.15, -0.1) is 0 Å². The van der Waals surface area contributed by atoms with E-state index >= 15 is 0 Å². The number of morpholine rings is 1. The second kappa shape index (κ2) is 6.83. The molecule has 1 aliphatic rings. The van der Waals surface area contributed by atoms with Crippen LogP contribution in [0, 0.1) is 0 Å². The van der Waals surface area contributed by atoms with Gasteiger partial charge in [-0.2, -0.15) is 0 Å². The molecular formula is C11H22N2O3. The van der Waals surface area contributed by atoms with Gasteiger partial charge in [0.1, 0.15) is 0 Å². The Morgan fingerprint density at radius 3 is 3.06 bits per heavy atom. The lowest BCUT2D eigenvalue weighted by molar-refractivity contribution is -0.140. The van der Waals surface area contributed by atoms with Crippen molar-refractivity contribution in [3.63, 3.8) is 0 Å². The Labute approximate surface area is 96.9 Å². The Morgan fingerprint density at radius 1 is 1.69 bits per heavy atom. The molecule has 0 saturated carbocycles. The Hall–Kier alpha value is -0.650. The number of amides is 1. The highest BCUT2D eigenvalue weighted by atomic mass is 16.5. The third kappa shape index (κ3) is 3.73.